The Balaban J connectivity index is 1.77. The van der Waals surface area contributed by atoms with Crippen molar-refractivity contribution in [3.63, 3.8) is 0 Å². The Hall–Kier alpha value is -4.00. The summed E-state index contributed by atoms with van der Waals surface area (Å²) in [4.78, 5) is 8.62. The number of pyridine rings is 1. The van der Waals surface area contributed by atoms with E-state index in [2.05, 4.69) is 15.1 Å². The molecule has 0 aliphatic heterocycles. The maximum absolute atomic E-state index is 13.6. The first-order valence-corrected chi connectivity index (χ1v) is 9.46. The molecule has 0 saturated carbocycles. The average Bonchev–Trinajstić information content (AvgIpc) is 3.28. The summed E-state index contributed by atoms with van der Waals surface area (Å²) in [6, 6.07) is 22.5. The summed E-state index contributed by atoms with van der Waals surface area (Å²) in [5, 5.41) is 4.40. The smallest absolute Gasteiger partial charge is 0.334 e. The minimum absolute atomic E-state index is 0.125. The molecule has 5 aromatic rings. The van der Waals surface area contributed by atoms with Gasteiger partial charge in [-0.25, -0.2) is 0 Å². The molecule has 7 heteroatoms. The zero-order valence-corrected chi connectivity index (χ0v) is 16.0. The highest BCUT2D eigenvalue weighted by Crippen LogP contribution is 2.41. The van der Waals surface area contributed by atoms with Gasteiger partial charge in [-0.2, -0.15) is 18.2 Å². The second-order valence-corrected chi connectivity index (χ2v) is 6.90. The fraction of sp³-hybridized carbons (Fsp3) is 0.0417. The van der Waals surface area contributed by atoms with Gasteiger partial charge in [-0.1, -0.05) is 78.0 Å². The van der Waals surface area contributed by atoms with Gasteiger partial charge in [0, 0.05) is 22.7 Å². The van der Waals surface area contributed by atoms with Gasteiger partial charge in [0.1, 0.15) is 0 Å². The monoisotopic (exact) mass is 417 g/mol. The molecule has 0 radical (unpaired) electrons. The predicted molar refractivity (Wildman–Crippen MR) is 111 cm³/mol. The first kappa shape index (κ1) is 19.0. The summed E-state index contributed by atoms with van der Waals surface area (Å²) in [5.41, 5.74) is 1.60. The van der Waals surface area contributed by atoms with Gasteiger partial charge in [-0.15, -0.1) is 0 Å². The van der Waals surface area contributed by atoms with E-state index in [9.17, 15) is 13.2 Å². The molecule has 152 valence electrons. The van der Waals surface area contributed by atoms with E-state index < -0.39 is 11.7 Å². The van der Waals surface area contributed by atoms with Gasteiger partial charge in [0.05, 0.1) is 16.6 Å². The maximum atomic E-state index is 13.6. The summed E-state index contributed by atoms with van der Waals surface area (Å²) in [6.45, 7) is 0. The topological polar surface area (TPSA) is 51.8 Å². The van der Waals surface area contributed by atoms with Crippen LogP contribution in [0.4, 0.5) is 13.2 Å². The molecular formula is C24H14F3N3O. The summed E-state index contributed by atoms with van der Waals surface area (Å²) < 4.78 is 46.2. The first-order chi connectivity index (χ1) is 15.0. The second-order valence-electron chi connectivity index (χ2n) is 6.90. The number of hydrogen-bond donors (Lipinski definition) is 0. The van der Waals surface area contributed by atoms with Crippen molar-refractivity contribution < 1.29 is 17.7 Å². The van der Waals surface area contributed by atoms with Crippen molar-refractivity contribution in [2.24, 2.45) is 0 Å². The van der Waals surface area contributed by atoms with Crippen LogP contribution in [0.2, 0.25) is 0 Å². The summed E-state index contributed by atoms with van der Waals surface area (Å²) in [5.74, 6) is 0.572. The van der Waals surface area contributed by atoms with Crippen molar-refractivity contribution in [1.29, 1.82) is 0 Å². The van der Waals surface area contributed by atoms with Gasteiger partial charge in [0.2, 0.25) is 5.82 Å². The van der Waals surface area contributed by atoms with Gasteiger partial charge in [-0.05, 0) is 11.6 Å². The molecular weight excluding hydrogens is 403 g/mol. The number of benzene rings is 3. The van der Waals surface area contributed by atoms with E-state index in [0.717, 1.165) is 17.2 Å². The standard InChI is InChI=1S/C24H14F3N3O/c25-24(26,27)19-13-7-12-17-20(15-8-3-1-4-9-15)18(14-28-21(17)19)23-29-22(30-31-23)16-10-5-2-6-11-16/h1-14H. The van der Waals surface area contributed by atoms with Crippen LogP contribution in [0.3, 0.4) is 0 Å². The Bertz CT molecular complexity index is 1360. The van der Waals surface area contributed by atoms with Crippen molar-refractivity contribution in [2.75, 3.05) is 0 Å². The van der Waals surface area contributed by atoms with E-state index in [4.69, 9.17) is 4.52 Å². The molecule has 0 saturated heterocycles. The number of fused-ring (bicyclic) bond motifs is 1. The highest BCUT2D eigenvalue weighted by molar-refractivity contribution is 6.02. The molecule has 4 nitrogen and oxygen atoms in total. The van der Waals surface area contributed by atoms with Gasteiger partial charge in [0.25, 0.3) is 5.89 Å². The van der Waals surface area contributed by atoms with Crippen molar-refractivity contribution in [1.82, 2.24) is 15.1 Å². The van der Waals surface area contributed by atoms with E-state index in [1.165, 1.54) is 12.3 Å². The lowest BCUT2D eigenvalue weighted by Gasteiger charge is -2.14. The summed E-state index contributed by atoms with van der Waals surface area (Å²) in [7, 11) is 0. The van der Waals surface area contributed by atoms with Crippen LogP contribution in [0.15, 0.2) is 89.6 Å². The SMILES string of the molecule is FC(F)(F)c1cccc2c(-c3ccccc3)c(-c3nc(-c4ccccc4)no3)cnc12. The lowest BCUT2D eigenvalue weighted by Crippen LogP contribution is -2.07. The average molecular weight is 417 g/mol. The van der Waals surface area contributed by atoms with Crippen LogP contribution in [0.5, 0.6) is 0 Å². The van der Waals surface area contributed by atoms with E-state index in [1.807, 2.05) is 60.7 Å². The van der Waals surface area contributed by atoms with Crippen LogP contribution in [0, 0.1) is 0 Å². The van der Waals surface area contributed by atoms with Crippen LogP contribution in [0.25, 0.3) is 44.9 Å². The number of halogens is 3. The number of hydrogen-bond acceptors (Lipinski definition) is 4. The third-order valence-corrected chi connectivity index (χ3v) is 4.95. The molecule has 0 unspecified atom stereocenters. The van der Waals surface area contributed by atoms with Crippen molar-refractivity contribution in [3.05, 3.63) is 90.6 Å². The van der Waals surface area contributed by atoms with Crippen molar-refractivity contribution in [2.45, 2.75) is 6.18 Å². The van der Waals surface area contributed by atoms with Crippen molar-refractivity contribution in [3.8, 4) is 34.0 Å². The molecule has 3 aromatic carbocycles. The summed E-state index contributed by atoms with van der Waals surface area (Å²) in [6.07, 6.45) is -3.16. The van der Waals surface area contributed by atoms with Gasteiger partial charge < -0.3 is 4.52 Å². The van der Waals surface area contributed by atoms with Crippen molar-refractivity contribution >= 4 is 10.9 Å². The predicted octanol–water partition coefficient (Wildman–Crippen LogP) is 6.64. The number of alkyl halides is 3. The van der Waals surface area contributed by atoms with Crippen LogP contribution in [0.1, 0.15) is 5.56 Å². The van der Waals surface area contributed by atoms with Crippen LogP contribution in [-0.4, -0.2) is 15.1 Å². The molecule has 0 N–H and O–H groups in total. The van der Waals surface area contributed by atoms with Gasteiger partial charge in [-0.3, -0.25) is 4.98 Å². The first-order valence-electron chi connectivity index (χ1n) is 9.46. The van der Waals surface area contributed by atoms with Gasteiger partial charge >= 0.3 is 6.18 Å². The molecule has 0 aliphatic carbocycles. The molecule has 0 spiro atoms. The molecule has 5 rings (SSSR count). The Morgan fingerprint density at radius 3 is 2.10 bits per heavy atom. The lowest BCUT2D eigenvalue weighted by molar-refractivity contribution is -0.136. The van der Waals surface area contributed by atoms with Gasteiger partial charge in [0.15, 0.2) is 0 Å². The molecule has 0 aliphatic rings. The number of nitrogens with zero attached hydrogens (tertiary/aromatic N) is 3. The molecule has 0 bridgehead atoms. The number of para-hydroxylation sites is 1. The molecule has 31 heavy (non-hydrogen) atoms. The largest absolute Gasteiger partial charge is 0.418 e. The molecule has 0 fully saturated rings. The lowest BCUT2D eigenvalue weighted by atomic mass is 9.95. The highest BCUT2D eigenvalue weighted by atomic mass is 19.4. The quantitative estimate of drug-likeness (QED) is 0.330. The Kier molecular flexibility index (Phi) is 4.51. The Labute approximate surface area is 175 Å². The highest BCUT2D eigenvalue weighted by Gasteiger charge is 2.34. The zero-order chi connectivity index (χ0) is 21.4. The normalized spacial score (nSPS) is 11.7. The Morgan fingerprint density at radius 1 is 0.742 bits per heavy atom. The van der Waals surface area contributed by atoms with E-state index in [0.29, 0.717) is 22.3 Å². The molecule has 0 amide bonds. The fourth-order valence-corrected chi connectivity index (χ4v) is 3.57. The third kappa shape index (κ3) is 3.44. The van der Waals surface area contributed by atoms with Crippen LogP contribution >= 0.6 is 0 Å². The second kappa shape index (κ2) is 7.36. The number of rotatable bonds is 3. The third-order valence-electron chi connectivity index (χ3n) is 4.95. The molecule has 0 atom stereocenters. The maximum Gasteiger partial charge on any atom is 0.418 e. The minimum Gasteiger partial charge on any atom is -0.334 e. The fourth-order valence-electron chi connectivity index (χ4n) is 3.57. The van der Waals surface area contributed by atoms with E-state index >= 15 is 0 Å². The number of aromatic nitrogens is 3. The molecule has 2 heterocycles. The van der Waals surface area contributed by atoms with E-state index in [-0.39, 0.29) is 11.4 Å². The molecule has 2 aromatic heterocycles. The Morgan fingerprint density at radius 2 is 1.42 bits per heavy atom. The minimum atomic E-state index is -4.52. The zero-order valence-electron chi connectivity index (χ0n) is 16.0. The van der Waals surface area contributed by atoms with Crippen LogP contribution < -0.4 is 0 Å². The van der Waals surface area contributed by atoms with Crippen LogP contribution in [-0.2, 0) is 6.18 Å². The van der Waals surface area contributed by atoms with E-state index in [1.54, 1.807) is 6.07 Å². The summed E-state index contributed by atoms with van der Waals surface area (Å²) >= 11 is 0.